The third-order valence-electron chi connectivity index (χ3n) is 5.02. The topological polar surface area (TPSA) is 22.1 Å². The third kappa shape index (κ3) is 4.73. The molecule has 0 atom stereocenters. The molecule has 0 saturated heterocycles. The van der Waals surface area contributed by atoms with Gasteiger partial charge in [-0.15, -0.1) is 0 Å². The lowest BCUT2D eigenvalue weighted by atomic mass is 9.84. The van der Waals surface area contributed by atoms with Crippen molar-refractivity contribution in [3.8, 4) is 11.1 Å². The summed E-state index contributed by atoms with van der Waals surface area (Å²) in [7, 11) is -1.09. The molecule has 0 spiro atoms. The Morgan fingerprint density at radius 1 is 1.04 bits per heavy atom. The number of fused-ring (bicyclic) bond motifs is 1. The number of aromatic nitrogens is 1. The summed E-state index contributed by atoms with van der Waals surface area (Å²) >= 11 is 3.75. The van der Waals surface area contributed by atoms with Crippen LogP contribution in [0, 0.1) is 0 Å². The fraction of sp³-hybridized carbons (Fsp3) is 0.375. The van der Waals surface area contributed by atoms with Gasteiger partial charge in [-0.3, -0.25) is 4.98 Å². The number of nitrogens with zero attached hydrogens (tertiary/aromatic N) is 1. The van der Waals surface area contributed by atoms with Crippen LogP contribution in [-0.2, 0) is 22.9 Å². The molecule has 0 aliphatic carbocycles. The first kappa shape index (κ1) is 21.2. The lowest BCUT2D eigenvalue weighted by Crippen LogP contribution is -2.13. The van der Waals surface area contributed by atoms with Gasteiger partial charge < -0.3 is 4.43 Å². The van der Waals surface area contributed by atoms with E-state index in [1.165, 1.54) is 22.3 Å². The van der Waals surface area contributed by atoms with E-state index in [2.05, 4.69) is 99.2 Å². The number of rotatable bonds is 5. The number of hydrogen-bond donors (Lipinski definition) is 0. The molecule has 1 aromatic heterocycles. The van der Waals surface area contributed by atoms with Gasteiger partial charge in [0.2, 0.25) is 0 Å². The monoisotopic (exact) mass is 455 g/mol. The number of halogens is 1. The SMILES string of the molecule is CCc1ccc2cc(-c3ccc(C(C)(C)C)cc3CO[SiH](C)C)cc(Br)c2n1. The van der Waals surface area contributed by atoms with Crippen LogP contribution in [0.2, 0.25) is 13.1 Å². The van der Waals surface area contributed by atoms with E-state index in [9.17, 15) is 0 Å². The molecule has 0 bridgehead atoms. The molecule has 0 N–H and O–H groups in total. The Balaban J connectivity index is 2.13. The molecule has 2 nitrogen and oxygen atoms in total. The summed E-state index contributed by atoms with van der Waals surface area (Å²) in [4.78, 5) is 4.79. The summed E-state index contributed by atoms with van der Waals surface area (Å²) in [5.74, 6) is 0. The number of aryl methyl sites for hydroxylation is 1. The van der Waals surface area contributed by atoms with Crippen molar-refractivity contribution < 1.29 is 4.43 Å². The molecule has 0 aliphatic heterocycles. The van der Waals surface area contributed by atoms with Crippen molar-refractivity contribution in [1.82, 2.24) is 4.98 Å². The van der Waals surface area contributed by atoms with Gasteiger partial charge >= 0.3 is 0 Å². The van der Waals surface area contributed by atoms with E-state index in [4.69, 9.17) is 9.41 Å². The van der Waals surface area contributed by atoms with Crippen LogP contribution in [0.5, 0.6) is 0 Å². The van der Waals surface area contributed by atoms with Crippen LogP contribution in [0.1, 0.15) is 44.5 Å². The van der Waals surface area contributed by atoms with Gasteiger partial charge in [-0.1, -0.05) is 52.0 Å². The van der Waals surface area contributed by atoms with Crippen molar-refractivity contribution in [1.29, 1.82) is 0 Å². The van der Waals surface area contributed by atoms with Crippen molar-refractivity contribution in [3.63, 3.8) is 0 Å². The normalized spacial score (nSPS) is 12.1. The van der Waals surface area contributed by atoms with Crippen molar-refractivity contribution in [2.75, 3.05) is 0 Å². The van der Waals surface area contributed by atoms with Gasteiger partial charge in [-0.25, -0.2) is 0 Å². The van der Waals surface area contributed by atoms with E-state index in [-0.39, 0.29) is 5.41 Å². The minimum Gasteiger partial charge on any atom is -0.416 e. The van der Waals surface area contributed by atoms with Crippen LogP contribution in [-0.4, -0.2) is 14.0 Å². The molecule has 0 radical (unpaired) electrons. The molecular weight excluding hydrogens is 426 g/mol. The molecule has 0 aliphatic rings. The van der Waals surface area contributed by atoms with Gasteiger partial charge in [-0.2, -0.15) is 0 Å². The zero-order valence-corrected chi connectivity index (χ0v) is 20.5. The Kier molecular flexibility index (Phi) is 6.43. The van der Waals surface area contributed by atoms with E-state index in [1.807, 2.05) is 0 Å². The van der Waals surface area contributed by atoms with E-state index in [0.29, 0.717) is 6.61 Å². The highest BCUT2D eigenvalue weighted by molar-refractivity contribution is 9.10. The molecule has 3 aromatic rings. The minimum atomic E-state index is -1.09. The second-order valence-corrected chi connectivity index (χ2v) is 12.0. The van der Waals surface area contributed by atoms with Gasteiger partial charge in [-0.05, 0) is 81.3 Å². The molecule has 3 rings (SSSR count). The van der Waals surface area contributed by atoms with Gasteiger partial charge in [0.1, 0.15) is 0 Å². The summed E-state index contributed by atoms with van der Waals surface area (Å²) in [5, 5.41) is 1.16. The maximum absolute atomic E-state index is 6.12. The Morgan fingerprint density at radius 2 is 1.79 bits per heavy atom. The quantitative estimate of drug-likeness (QED) is 0.385. The molecule has 2 aromatic carbocycles. The first-order chi connectivity index (χ1) is 13.2. The van der Waals surface area contributed by atoms with Crippen molar-refractivity contribution in [2.24, 2.45) is 0 Å². The fourth-order valence-electron chi connectivity index (χ4n) is 3.30. The average molecular weight is 457 g/mol. The third-order valence-corrected chi connectivity index (χ3v) is 6.46. The molecule has 0 saturated carbocycles. The van der Waals surface area contributed by atoms with Crippen LogP contribution in [0.15, 0.2) is 46.9 Å². The van der Waals surface area contributed by atoms with Crippen LogP contribution in [0.25, 0.3) is 22.0 Å². The first-order valence-corrected chi connectivity index (χ1v) is 13.6. The number of hydrogen-bond acceptors (Lipinski definition) is 2. The van der Waals surface area contributed by atoms with Gasteiger partial charge in [0.15, 0.2) is 9.04 Å². The number of pyridine rings is 1. The Bertz CT molecular complexity index is 992. The van der Waals surface area contributed by atoms with Crippen LogP contribution < -0.4 is 0 Å². The molecular formula is C24H30BrNOSi. The average Bonchev–Trinajstić information content (AvgIpc) is 2.65. The van der Waals surface area contributed by atoms with Crippen molar-refractivity contribution in [3.05, 3.63) is 63.8 Å². The highest BCUT2D eigenvalue weighted by Gasteiger charge is 2.17. The molecule has 0 unspecified atom stereocenters. The lowest BCUT2D eigenvalue weighted by Gasteiger charge is -2.22. The summed E-state index contributed by atoms with van der Waals surface area (Å²) in [6.45, 7) is 14.0. The Labute approximate surface area is 179 Å². The first-order valence-electron chi connectivity index (χ1n) is 10.0. The maximum atomic E-state index is 6.12. The predicted octanol–water partition coefficient (Wildman–Crippen LogP) is 7.02. The Hall–Kier alpha value is -1.49. The summed E-state index contributed by atoms with van der Waals surface area (Å²) in [6, 6.07) is 15.6. The second kappa shape index (κ2) is 8.48. The second-order valence-electron chi connectivity index (χ2n) is 8.67. The highest BCUT2D eigenvalue weighted by Crippen LogP contribution is 2.34. The summed E-state index contributed by atoms with van der Waals surface area (Å²) < 4.78 is 7.16. The van der Waals surface area contributed by atoms with Gasteiger partial charge in [0, 0.05) is 15.6 Å². The summed E-state index contributed by atoms with van der Waals surface area (Å²) in [6.07, 6.45) is 0.943. The summed E-state index contributed by atoms with van der Waals surface area (Å²) in [5.41, 5.74) is 7.31. The van der Waals surface area contributed by atoms with Gasteiger partial charge in [0.25, 0.3) is 0 Å². The van der Waals surface area contributed by atoms with Crippen LogP contribution in [0.4, 0.5) is 0 Å². The largest absolute Gasteiger partial charge is 0.416 e. The van der Waals surface area contributed by atoms with E-state index < -0.39 is 9.04 Å². The molecule has 1 heterocycles. The molecule has 28 heavy (non-hydrogen) atoms. The highest BCUT2D eigenvalue weighted by atomic mass is 79.9. The lowest BCUT2D eigenvalue weighted by molar-refractivity contribution is 0.315. The fourth-order valence-corrected chi connectivity index (χ4v) is 4.38. The molecule has 0 fully saturated rings. The zero-order chi connectivity index (χ0) is 20.5. The Morgan fingerprint density at radius 3 is 2.43 bits per heavy atom. The van der Waals surface area contributed by atoms with Crippen molar-refractivity contribution in [2.45, 2.75) is 59.2 Å². The van der Waals surface area contributed by atoms with E-state index >= 15 is 0 Å². The van der Waals surface area contributed by atoms with Gasteiger partial charge in [0.05, 0.1) is 12.1 Å². The molecule has 4 heteroatoms. The van der Waals surface area contributed by atoms with E-state index in [1.54, 1.807) is 0 Å². The zero-order valence-electron chi connectivity index (χ0n) is 17.8. The number of benzene rings is 2. The van der Waals surface area contributed by atoms with E-state index in [0.717, 1.165) is 27.5 Å². The predicted molar refractivity (Wildman–Crippen MR) is 127 cm³/mol. The standard InChI is InChI=1S/C24H30BrNOSi/c1-7-20-10-8-16-12-17(14-22(25)23(16)26-20)21-11-9-19(24(2,3)4)13-18(21)15-27-28(5)6/h8-14,28H,7,15H2,1-6H3. The van der Waals surface area contributed by atoms with Crippen LogP contribution in [0.3, 0.4) is 0 Å². The minimum absolute atomic E-state index is 0.118. The molecule has 0 amide bonds. The maximum Gasteiger partial charge on any atom is 0.171 e. The van der Waals surface area contributed by atoms with Crippen molar-refractivity contribution >= 4 is 35.9 Å². The van der Waals surface area contributed by atoms with Crippen LogP contribution >= 0.6 is 15.9 Å². The molecule has 148 valence electrons. The smallest absolute Gasteiger partial charge is 0.171 e.